The second kappa shape index (κ2) is 9.12. The minimum atomic E-state index is -0.593. The van der Waals surface area contributed by atoms with E-state index in [0.29, 0.717) is 35.4 Å². The number of hydrogen-bond donors (Lipinski definition) is 1. The maximum atomic E-state index is 12.2. The van der Waals surface area contributed by atoms with Gasteiger partial charge in [0.15, 0.2) is 6.61 Å². The van der Waals surface area contributed by atoms with Crippen LogP contribution in [0.15, 0.2) is 23.0 Å². The number of aromatic nitrogens is 2. The van der Waals surface area contributed by atoms with E-state index in [1.54, 1.807) is 29.7 Å². The zero-order valence-electron chi connectivity index (χ0n) is 15.5. The summed E-state index contributed by atoms with van der Waals surface area (Å²) in [4.78, 5) is 40.2. The average molecular weight is 359 g/mol. The highest BCUT2D eigenvalue weighted by atomic mass is 16.5. The lowest BCUT2D eigenvalue weighted by Gasteiger charge is -2.10. The molecule has 0 atom stereocenters. The van der Waals surface area contributed by atoms with E-state index in [-0.39, 0.29) is 18.1 Å². The van der Waals surface area contributed by atoms with Crippen LogP contribution in [0.4, 0.5) is 0 Å². The van der Waals surface area contributed by atoms with Crippen molar-refractivity contribution in [2.45, 2.75) is 46.6 Å². The molecule has 0 radical (unpaired) electrons. The molecule has 1 aromatic carbocycles. The van der Waals surface area contributed by atoms with Crippen molar-refractivity contribution in [1.29, 1.82) is 0 Å². The van der Waals surface area contributed by atoms with E-state index in [1.165, 1.54) is 0 Å². The number of carbonyl (C=O) groups excluding carboxylic acids is 2. The Labute approximate surface area is 152 Å². The molecule has 26 heavy (non-hydrogen) atoms. The summed E-state index contributed by atoms with van der Waals surface area (Å²) in [7, 11) is 0. The van der Waals surface area contributed by atoms with Gasteiger partial charge in [-0.15, -0.1) is 0 Å². The molecule has 2 rings (SSSR count). The van der Waals surface area contributed by atoms with E-state index in [2.05, 4.69) is 17.2 Å². The second-order valence-electron chi connectivity index (χ2n) is 6.08. The number of nitrogens with zero attached hydrogens (tertiary/aromatic N) is 2. The van der Waals surface area contributed by atoms with Crippen molar-refractivity contribution < 1.29 is 14.3 Å². The quantitative estimate of drug-likeness (QED) is 0.576. The van der Waals surface area contributed by atoms with E-state index in [4.69, 9.17) is 4.74 Å². The predicted octanol–water partition coefficient (Wildman–Crippen LogP) is 2.19. The van der Waals surface area contributed by atoms with Crippen LogP contribution >= 0.6 is 0 Å². The summed E-state index contributed by atoms with van der Waals surface area (Å²) < 4.78 is 6.67. The highest BCUT2D eigenvalue weighted by Gasteiger charge is 2.13. The second-order valence-corrected chi connectivity index (χ2v) is 6.08. The lowest BCUT2D eigenvalue weighted by atomic mass is 10.2. The number of benzene rings is 1. The third-order valence-corrected chi connectivity index (χ3v) is 4.10. The molecule has 1 amide bonds. The molecule has 7 nitrogen and oxygen atoms in total. The van der Waals surface area contributed by atoms with E-state index in [9.17, 15) is 14.4 Å². The Hall–Kier alpha value is -2.70. The molecule has 0 fully saturated rings. The van der Waals surface area contributed by atoms with Crippen molar-refractivity contribution in [3.05, 3.63) is 39.8 Å². The summed E-state index contributed by atoms with van der Waals surface area (Å²) in [6.07, 6.45) is 3.03. The molecule has 0 saturated carbocycles. The smallest absolute Gasteiger partial charge is 0.338 e. The summed E-state index contributed by atoms with van der Waals surface area (Å²) in [6.45, 7) is 6.38. The molecule has 0 unspecified atom stereocenters. The first kappa shape index (κ1) is 19.6. The number of ether oxygens (including phenoxy) is 1. The Morgan fingerprint density at radius 3 is 2.69 bits per heavy atom. The summed E-state index contributed by atoms with van der Waals surface area (Å²) in [6, 6.07) is 4.83. The minimum Gasteiger partial charge on any atom is -0.452 e. The third kappa shape index (κ3) is 4.68. The number of rotatable bonds is 8. The van der Waals surface area contributed by atoms with E-state index < -0.39 is 5.97 Å². The van der Waals surface area contributed by atoms with Crippen LogP contribution in [0.1, 0.15) is 49.2 Å². The molecular weight excluding hydrogens is 334 g/mol. The summed E-state index contributed by atoms with van der Waals surface area (Å²) >= 11 is 0. The standard InChI is InChI=1S/C19H25N3O4/c1-4-6-7-10-20-17(23)12-26-19(25)14-8-9-16-15(11-14)21-13(3)18(24)22(16)5-2/h8-9,11H,4-7,10,12H2,1-3H3,(H,20,23). The van der Waals surface area contributed by atoms with Gasteiger partial charge in [0.05, 0.1) is 16.6 Å². The average Bonchev–Trinajstić information content (AvgIpc) is 2.64. The number of nitrogens with one attached hydrogen (secondary N) is 1. The Morgan fingerprint density at radius 2 is 2.00 bits per heavy atom. The molecule has 0 aliphatic rings. The van der Waals surface area contributed by atoms with Gasteiger partial charge in [-0.05, 0) is 38.5 Å². The Morgan fingerprint density at radius 1 is 1.23 bits per heavy atom. The van der Waals surface area contributed by atoms with E-state index in [1.807, 2.05) is 6.92 Å². The third-order valence-electron chi connectivity index (χ3n) is 4.10. The van der Waals surface area contributed by atoms with Crippen LogP contribution in [-0.4, -0.2) is 34.6 Å². The molecule has 0 bridgehead atoms. The number of hydrogen-bond acceptors (Lipinski definition) is 5. The van der Waals surface area contributed by atoms with Gasteiger partial charge in [-0.2, -0.15) is 0 Å². The van der Waals surface area contributed by atoms with Gasteiger partial charge >= 0.3 is 5.97 Å². The molecule has 1 heterocycles. The fraction of sp³-hybridized carbons (Fsp3) is 0.474. The fourth-order valence-corrected chi connectivity index (χ4v) is 2.68. The number of unbranched alkanes of at least 4 members (excludes halogenated alkanes) is 2. The first-order valence-electron chi connectivity index (χ1n) is 8.93. The number of fused-ring (bicyclic) bond motifs is 1. The molecule has 1 aromatic heterocycles. The molecule has 0 saturated heterocycles. The molecular formula is C19H25N3O4. The van der Waals surface area contributed by atoms with Crippen LogP contribution < -0.4 is 10.9 Å². The molecule has 0 aliphatic heterocycles. The molecule has 0 aliphatic carbocycles. The van der Waals surface area contributed by atoms with Gasteiger partial charge in [-0.1, -0.05) is 19.8 Å². The molecule has 2 aromatic rings. The summed E-state index contributed by atoms with van der Waals surface area (Å²) in [5, 5.41) is 2.72. The zero-order chi connectivity index (χ0) is 19.1. The van der Waals surface area contributed by atoms with Gasteiger partial charge in [-0.3, -0.25) is 9.59 Å². The van der Waals surface area contributed by atoms with Crippen molar-refractivity contribution in [3.63, 3.8) is 0 Å². The lowest BCUT2D eigenvalue weighted by Crippen LogP contribution is -2.29. The summed E-state index contributed by atoms with van der Waals surface area (Å²) in [5.41, 5.74) is 1.73. The van der Waals surface area contributed by atoms with Crippen LogP contribution in [0.25, 0.3) is 11.0 Å². The Bertz CT molecular complexity index is 858. The molecule has 7 heteroatoms. The van der Waals surface area contributed by atoms with Crippen molar-refractivity contribution >= 4 is 22.9 Å². The number of carbonyl (C=O) groups is 2. The van der Waals surface area contributed by atoms with Gasteiger partial charge in [0.25, 0.3) is 11.5 Å². The molecule has 140 valence electrons. The highest BCUT2D eigenvalue weighted by Crippen LogP contribution is 2.14. The minimum absolute atomic E-state index is 0.143. The Balaban J connectivity index is 2.05. The maximum absolute atomic E-state index is 12.2. The van der Waals surface area contributed by atoms with Gasteiger partial charge in [-0.25, -0.2) is 9.78 Å². The van der Waals surface area contributed by atoms with Crippen LogP contribution in [-0.2, 0) is 16.1 Å². The van der Waals surface area contributed by atoms with Gasteiger partial charge in [0.1, 0.15) is 5.69 Å². The SMILES string of the molecule is CCCCCNC(=O)COC(=O)c1ccc2c(c1)nc(C)c(=O)n2CC. The summed E-state index contributed by atoms with van der Waals surface area (Å²) in [5.74, 6) is -0.909. The van der Waals surface area contributed by atoms with Crippen molar-refractivity contribution in [3.8, 4) is 0 Å². The largest absolute Gasteiger partial charge is 0.452 e. The number of amides is 1. The topological polar surface area (TPSA) is 90.3 Å². The maximum Gasteiger partial charge on any atom is 0.338 e. The van der Waals surface area contributed by atoms with Crippen molar-refractivity contribution in [2.24, 2.45) is 0 Å². The van der Waals surface area contributed by atoms with Gasteiger partial charge in [0.2, 0.25) is 0 Å². The zero-order valence-corrected chi connectivity index (χ0v) is 15.5. The van der Waals surface area contributed by atoms with Crippen LogP contribution in [0.3, 0.4) is 0 Å². The molecule has 0 spiro atoms. The number of aryl methyl sites for hydroxylation is 2. The van der Waals surface area contributed by atoms with Crippen LogP contribution in [0.2, 0.25) is 0 Å². The molecule has 1 N–H and O–H groups in total. The van der Waals surface area contributed by atoms with E-state index in [0.717, 1.165) is 19.3 Å². The highest BCUT2D eigenvalue weighted by molar-refractivity contribution is 5.94. The first-order valence-corrected chi connectivity index (χ1v) is 8.93. The van der Waals surface area contributed by atoms with Gasteiger partial charge in [0, 0.05) is 13.1 Å². The van der Waals surface area contributed by atoms with Crippen molar-refractivity contribution in [2.75, 3.05) is 13.2 Å². The van der Waals surface area contributed by atoms with Crippen molar-refractivity contribution in [1.82, 2.24) is 14.9 Å². The lowest BCUT2D eigenvalue weighted by molar-refractivity contribution is -0.124. The Kier molecular flexibility index (Phi) is 6.89. The fourth-order valence-electron chi connectivity index (χ4n) is 2.68. The first-order chi connectivity index (χ1) is 12.5. The van der Waals surface area contributed by atoms with Gasteiger partial charge < -0.3 is 14.6 Å². The predicted molar refractivity (Wildman–Crippen MR) is 99.2 cm³/mol. The number of esters is 1. The van der Waals surface area contributed by atoms with E-state index >= 15 is 0 Å². The monoisotopic (exact) mass is 359 g/mol. The normalized spacial score (nSPS) is 10.7. The van der Waals surface area contributed by atoms with Crippen LogP contribution in [0, 0.1) is 6.92 Å². The van der Waals surface area contributed by atoms with Crippen LogP contribution in [0.5, 0.6) is 0 Å².